The Morgan fingerprint density at radius 3 is 2.69 bits per heavy atom. The number of rotatable bonds is 2. The Kier molecular flexibility index (Phi) is 1.71. The lowest BCUT2D eigenvalue weighted by Gasteiger charge is -2.28. The minimum Gasteiger partial charge on any atom is -0.469 e. The van der Waals surface area contributed by atoms with Gasteiger partial charge in [-0.1, -0.05) is 6.92 Å². The van der Waals surface area contributed by atoms with Crippen molar-refractivity contribution in [1.82, 2.24) is 0 Å². The molecule has 74 valence electrons. The molecule has 1 heterocycles. The summed E-state index contributed by atoms with van der Waals surface area (Å²) in [5.41, 5.74) is -0.0635. The summed E-state index contributed by atoms with van der Waals surface area (Å²) in [6.45, 7) is 4.23. The summed E-state index contributed by atoms with van der Waals surface area (Å²) in [6.07, 6.45) is 3.03. The quantitative estimate of drug-likeness (QED) is 0.482. The number of methoxy groups -OCH3 is 1. The largest absolute Gasteiger partial charge is 0.469 e. The predicted molar refractivity (Wildman–Crippen MR) is 47.3 cm³/mol. The van der Waals surface area contributed by atoms with E-state index in [4.69, 9.17) is 9.47 Å². The summed E-state index contributed by atoms with van der Waals surface area (Å²) in [5.74, 6) is -0.125. The maximum Gasteiger partial charge on any atom is 0.306 e. The first-order chi connectivity index (χ1) is 6.02. The second-order valence-corrected chi connectivity index (χ2v) is 4.57. The number of carbonyl (C=O) groups excluding carboxylic acids is 1. The van der Waals surface area contributed by atoms with Gasteiger partial charge in [-0.2, -0.15) is 0 Å². The Morgan fingerprint density at radius 2 is 2.31 bits per heavy atom. The van der Waals surface area contributed by atoms with E-state index >= 15 is 0 Å². The monoisotopic (exact) mass is 184 g/mol. The van der Waals surface area contributed by atoms with E-state index < -0.39 is 0 Å². The number of hydrogen-bond acceptors (Lipinski definition) is 3. The van der Waals surface area contributed by atoms with Gasteiger partial charge in [-0.3, -0.25) is 4.79 Å². The molecule has 0 radical (unpaired) electrons. The van der Waals surface area contributed by atoms with Crippen molar-refractivity contribution in [3.05, 3.63) is 0 Å². The van der Waals surface area contributed by atoms with Crippen LogP contribution in [0.3, 0.4) is 0 Å². The van der Waals surface area contributed by atoms with Crippen LogP contribution in [0.25, 0.3) is 0 Å². The smallest absolute Gasteiger partial charge is 0.306 e. The van der Waals surface area contributed by atoms with Gasteiger partial charge in [-0.25, -0.2) is 0 Å². The molecule has 3 nitrogen and oxygen atoms in total. The molecule has 2 fully saturated rings. The maximum atomic E-state index is 11.2. The third-order valence-electron chi connectivity index (χ3n) is 3.86. The van der Waals surface area contributed by atoms with E-state index in [0.29, 0.717) is 12.5 Å². The molecule has 0 aromatic rings. The lowest BCUT2D eigenvalue weighted by atomic mass is 9.77. The van der Waals surface area contributed by atoms with E-state index in [1.807, 2.05) is 0 Å². The van der Waals surface area contributed by atoms with Gasteiger partial charge in [0.15, 0.2) is 0 Å². The molecule has 0 spiro atoms. The fourth-order valence-electron chi connectivity index (χ4n) is 2.48. The summed E-state index contributed by atoms with van der Waals surface area (Å²) in [6, 6.07) is 0. The van der Waals surface area contributed by atoms with Gasteiger partial charge in [0.05, 0.1) is 25.2 Å². The first-order valence-electron chi connectivity index (χ1n) is 4.76. The highest BCUT2D eigenvalue weighted by atomic mass is 16.6. The Hall–Kier alpha value is -0.570. The van der Waals surface area contributed by atoms with Crippen LogP contribution in [0.4, 0.5) is 0 Å². The Labute approximate surface area is 78.4 Å². The average Bonchev–Trinajstić information content (AvgIpc) is 2.69. The molecule has 3 atom stereocenters. The fraction of sp³-hybridized carbons (Fsp3) is 0.900. The van der Waals surface area contributed by atoms with E-state index in [0.717, 1.165) is 12.8 Å². The molecule has 1 aliphatic heterocycles. The number of ether oxygens (including phenoxy) is 2. The molecule has 13 heavy (non-hydrogen) atoms. The third-order valence-corrected chi connectivity index (χ3v) is 3.86. The molecule has 0 aromatic carbocycles. The molecule has 2 aliphatic rings. The van der Waals surface area contributed by atoms with Crippen LogP contribution in [0.5, 0.6) is 0 Å². The molecule has 3 heteroatoms. The molecule has 1 saturated heterocycles. The van der Waals surface area contributed by atoms with Crippen molar-refractivity contribution in [3.63, 3.8) is 0 Å². The fourth-order valence-corrected chi connectivity index (χ4v) is 2.48. The van der Waals surface area contributed by atoms with Crippen LogP contribution in [0.2, 0.25) is 0 Å². The van der Waals surface area contributed by atoms with Gasteiger partial charge in [0.1, 0.15) is 0 Å². The van der Waals surface area contributed by atoms with Crippen molar-refractivity contribution < 1.29 is 14.3 Å². The third kappa shape index (κ3) is 1.10. The van der Waals surface area contributed by atoms with E-state index in [-0.39, 0.29) is 17.0 Å². The molecule has 1 aliphatic carbocycles. The second kappa shape index (κ2) is 2.47. The molecule has 2 rings (SSSR count). The highest BCUT2D eigenvalue weighted by Crippen LogP contribution is 2.62. The van der Waals surface area contributed by atoms with Crippen LogP contribution in [0, 0.1) is 5.41 Å². The lowest BCUT2D eigenvalue weighted by Crippen LogP contribution is -2.33. The van der Waals surface area contributed by atoms with Crippen molar-refractivity contribution in [2.45, 2.75) is 44.8 Å². The molecule has 0 N–H and O–H groups in total. The van der Waals surface area contributed by atoms with Crippen molar-refractivity contribution in [2.24, 2.45) is 5.41 Å². The average molecular weight is 184 g/mol. The number of esters is 1. The van der Waals surface area contributed by atoms with E-state index in [9.17, 15) is 4.79 Å². The zero-order valence-corrected chi connectivity index (χ0v) is 8.42. The first-order valence-corrected chi connectivity index (χ1v) is 4.76. The molecule has 0 aromatic heterocycles. The van der Waals surface area contributed by atoms with Crippen molar-refractivity contribution in [2.75, 3.05) is 7.11 Å². The molecular formula is C10H16O3. The van der Waals surface area contributed by atoms with Crippen LogP contribution in [-0.2, 0) is 14.3 Å². The van der Waals surface area contributed by atoms with Gasteiger partial charge < -0.3 is 9.47 Å². The summed E-state index contributed by atoms with van der Waals surface area (Å²) < 4.78 is 10.3. The Bertz CT molecular complexity index is 249. The van der Waals surface area contributed by atoms with Crippen molar-refractivity contribution in [3.8, 4) is 0 Å². The highest BCUT2D eigenvalue weighted by molar-refractivity contribution is 5.70. The van der Waals surface area contributed by atoms with Crippen molar-refractivity contribution in [1.29, 1.82) is 0 Å². The zero-order valence-electron chi connectivity index (χ0n) is 8.42. The molecule has 3 unspecified atom stereocenters. The van der Waals surface area contributed by atoms with E-state index in [2.05, 4.69) is 13.8 Å². The van der Waals surface area contributed by atoms with Gasteiger partial charge in [0, 0.05) is 5.41 Å². The summed E-state index contributed by atoms with van der Waals surface area (Å²) >= 11 is 0. The number of epoxide rings is 1. The number of fused-ring (bicyclic) bond motifs is 1. The van der Waals surface area contributed by atoms with E-state index in [1.54, 1.807) is 0 Å². The summed E-state index contributed by atoms with van der Waals surface area (Å²) in [5, 5.41) is 0. The molecule has 0 bridgehead atoms. The second-order valence-electron chi connectivity index (χ2n) is 4.57. The molecule has 1 saturated carbocycles. The minimum absolute atomic E-state index is 0.00917. The van der Waals surface area contributed by atoms with Crippen LogP contribution >= 0.6 is 0 Å². The molecular weight excluding hydrogens is 168 g/mol. The normalized spacial score (nSPS) is 47.2. The van der Waals surface area contributed by atoms with E-state index in [1.165, 1.54) is 7.11 Å². The number of carbonyl (C=O) groups is 1. The number of hydrogen-bond donors (Lipinski definition) is 0. The Balaban J connectivity index is 2.08. The first kappa shape index (κ1) is 9.00. The standard InChI is InChI=1S/C10H16O3/c1-9(6-8(11)12-3)5-4-7-10(9,2)13-7/h7H,4-6H2,1-3H3. The zero-order chi connectivity index (χ0) is 9.69. The SMILES string of the molecule is COC(=O)CC1(C)CCC2OC21C. The van der Waals surface area contributed by atoms with Crippen LogP contribution < -0.4 is 0 Å². The summed E-state index contributed by atoms with van der Waals surface area (Å²) in [7, 11) is 1.44. The van der Waals surface area contributed by atoms with Gasteiger partial charge in [-0.15, -0.1) is 0 Å². The van der Waals surface area contributed by atoms with Crippen LogP contribution in [0.1, 0.15) is 33.1 Å². The Morgan fingerprint density at radius 1 is 1.62 bits per heavy atom. The van der Waals surface area contributed by atoms with Gasteiger partial charge in [0.2, 0.25) is 0 Å². The predicted octanol–water partition coefficient (Wildman–Crippen LogP) is 1.51. The maximum absolute atomic E-state index is 11.2. The topological polar surface area (TPSA) is 38.8 Å². The van der Waals surface area contributed by atoms with Gasteiger partial charge in [0.25, 0.3) is 0 Å². The summed E-state index contributed by atoms with van der Waals surface area (Å²) in [4.78, 5) is 11.2. The molecule has 0 amide bonds. The van der Waals surface area contributed by atoms with Gasteiger partial charge in [-0.05, 0) is 19.8 Å². The van der Waals surface area contributed by atoms with Crippen LogP contribution in [0.15, 0.2) is 0 Å². The van der Waals surface area contributed by atoms with Gasteiger partial charge >= 0.3 is 5.97 Å². The lowest BCUT2D eigenvalue weighted by molar-refractivity contribution is -0.144. The van der Waals surface area contributed by atoms with Crippen molar-refractivity contribution >= 4 is 5.97 Å². The highest BCUT2D eigenvalue weighted by Gasteiger charge is 2.68. The minimum atomic E-state index is -0.125. The van der Waals surface area contributed by atoms with Crippen LogP contribution in [-0.4, -0.2) is 24.8 Å².